The molecular formula is C20H24F3N5O3S. The number of halogens is 3. The highest BCUT2D eigenvalue weighted by Gasteiger charge is 2.37. The summed E-state index contributed by atoms with van der Waals surface area (Å²) in [6, 6.07) is 5.86. The largest absolute Gasteiger partial charge is 0.417 e. The van der Waals surface area contributed by atoms with Gasteiger partial charge < -0.3 is 15.1 Å². The van der Waals surface area contributed by atoms with Gasteiger partial charge in [0.05, 0.1) is 28.4 Å². The topological polar surface area (TPSA) is 94.6 Å². The van der Waals surface area contributed by atoms with Crippen LogP contribution < -0.4 is 14.9 Å². The smallest absolute Gasteiger partial charge is 0.354 e. The number of alkyl halides is 3. The highest BCUT2D eigenvalue weighted by atomic mass is 32.2. The number of anilines is 2. The van der Waals surface area contributed by atoms with E-state index in [2.05, 4.69) is 20.1 Å². The maximum atomic E-state index is 13.2. The average molecular weight is 472 g/mol. The quantitative estimate of drug-likeness (QED) is 0.671. The molecule has 2 N–H and O–H groups in total. The molecule has 0 unspecified atom stereocenters. The second kappa shape index (κ2) is 9.43. The molecule has 0 radical (unpaired) electrons. The molecule has 1 atom stereocenters. The van der Waals surface area contributed by atoms with Crippen LogP contribution in [0.5, 0.6) is 0 Å². The van der Waals surface area contributed by atoms with Crippen molar-refractivity contribution in [3.63, 3.8) is 0 Å². The van der Waals surface area contributed by atoms with Crippen molar-refractivity contribution < 1.29 is 26.4 Å². The number of aromatic nitrogens is 1. The van der Waals surface area contributed by atoms with Crippen LogP contribution in [-0.4, -0.2) is 63.5 Å². The number of rotatable bonds is 6. The normalized spacial score (nSPS) is 16.6. The highest BCUT2D eigenvalue weighted by molar-refractivity contribution is 7.89. The van der Waals surface area contributed by atoms with Crippen LogP contribution in [0.1, 0.15) is 12.5 Å². The zero-order chi connectivity index (χ0) is 23.5. The summed E-state index contributed by atoms with van der Waals surface area (Å²) in [6.45, 7) is 4.72. The Bertz CT molecular complexity index is 1050. The molecule has 0 aliphatic carbocycles. The Hall–Kier alpha value is -2.70. The molecule has 32 heavy (non-hydrogen) atoms. The molecule has 3 rings (SSSR count). The zero-order valence-corrected chi connectivity index (χ0v) is 18.4. The lowest BCUT2D eigenvalue weighted by atomic mass is 10.2. The molecule has 1 saturated heterocycles. The number of pyridine rings is 1. The minimum absolute atomic E-state index is 0.342. The average Bonchev–Trinajstić information content (AvgIpc) is 2.74. The fraction of sp³-hybridized carbons (Fsp3) is 0.400. The third-order valence-corrected chi connectivity index (χ3v) is 6.65. The van der Waals surface area contributed by atoms with Crippen LogP contribution >= 0.6 is 0 Å². The summed E-state index contributed by atoms with van der Waals surface area (Å²) in [5.74, 6) is 0.0285. The Morgan fingerprint density at radius 3 is 2.34 bits per heavy atom. The molecule has 0 bridgehead atoms. The molecule has 1 aromatic carbocycles. The van der Waals surface area contributed by atoms with E-state index >= 15 is 0 Å². The Morgan fingerprint density at radius 2 is 1.75 bits per heavy atom. The van der Waals surface area contributed by atoms with Crippen molar-refractivity contribution >= 4 is 27.4 Å². The Labute approximate surface area is 184 Å². The number of hydrogen-bond donors (Lipinski definition) is 2. The third-order valence-electron chi connectivity index (χ3n) is 5.05. The molecule has 0 spiro atoms. The van der Waals surface area contributed by atoms with Gasteiger partial charge in [0.2, 0.25) is 15.9 Å². The molecule has 1 aliphatic rings. The molecule has 1 aromatic heterocycles. The Balaban J connectivity index is 1.65. The number of hydrogen-bond acceptors (Lipinski definition) is 6. The van der Waals surface area contributed by atoms with Crippen molar-refractivity contribution in [3.05, 3.63) is 48.2 Å². The number of benzene rings is 1. The molecule has 1 aliphatic heterocycles. The summed E-state index contributed by atoms with van der Waals surface area (Å²) >= 11 is 0. The summed E-state index contributed by atoms with van der Waals surface area (Å²) in [4.78, 5) is 20.1. The van der Waals surface area contributed by atoms with E-state index in [0.717, 1.165) is 44.1 Å². The molecule has 2 aromatic rings. The number of nitrogens with one attached hydrogen (secondary N) is 2. The minimum atomic E-state index is -4.85. The number of nitrogens with zero attached hydrogens (tertiary/aromatic N) is 3. The molecule has 174 valence electrons. The lowest BCUT2D eigenvalue weighted by molar-refractivity contribution is -0.139. The first-order valence-corrected chi connectivity index (χ1v) is 11.3. The van der Waals surface area contributed by atoms with Gasteiger partial charge >= 0.3 is 6.18 Å². The molecule has 0 saturated carbocycles. The fourth-order valence-corrected chi connectivity index (χ4v) is 4.65. The van der Waals surface area contributed by atoms with E-state index in [9.17, 15) is 26.4 Å². The first-order chi connectivity index (χ1) is 15.0. The summed E-state index contributed by atoms with van der Waals surface area (Å²) in [7, 11) is -2.55. The minimum Gasteiger partial charge on any atom is -0.354 e. The first kappa shape index (κ1) is 24.0. The highest BCUT2D eigenvalue weighted by Crippen LogP contribution is 2.33. The molecule has 12 heteroatoms. The number of piperazine rings is 1. The monoisotopic (exact) mass is 471 g/mol. The predicted octanol–water partition coefficient (Wildman–Crippen LogP) is 2.16. The van der Waals surface area contributed by atoms with E-state index in [1.807, 2.05) is 11.8 Å². The van der Waals surface area contributed by atoms with Crippen LogP contribution in [0.25, 0.3) is 0 Å². The van der Waals surface area contributed by atoms with Gasteiger partial charge in [-0.05, 0) is 38.2 Å². The maximum absolute atomic E-state index is 13.2. The maximum Gasteiger partial charge on any atom is 0.417 e. The van der Waals surface area contributed by atoms with Crippen molar-refractivity contribution in [3.8, 4) is 0 Å². The van der Waals surface area contributed by atoms with Gasteiger partial charge in [-0.1, -0.05) is 12.1 Å². The second-order valence-corrected chi connectivity index (χ2v) is 9.20. The van der Waals surface area contributed by atoms with E-state index in [-0.39, 0.29) is 0 Å². The standard InChI is InChI=1S/C20H24F3N5O3S/c1-14(26-32(30,31)17-6-4-3-5-16(17)20(21,22)23)19(29)25-15-7-8-18(24-13-15)28-11-9-27(2)10-12-28/h3-8,13-14,26H,9-12H2,1-2H3,(H,25,29)/t14-/m0/s1. The van der Waals surface area contributed by atoms with Gasteiger partial charge in [-0.2, -0.15) is 17.9 Å². The van der Waals surface area contributed by atoms with Crippen LogP contribution in [-0.2, 0) is 21.0 Å². The van der Waals surface area contributed by atoms with Crippen LogP contribution in [0, 0.1) is 0 Å². The van der Waals surface area contributed by atoms with Crippen molar-refractivity contribution in [2.24, 2.45) is 0 Å². The van der Waals surface area contributed by atoms with Crippen LogP contribution in [0.4, 0.5) is 24.7 Å². The molecule has 1 amide bonds. The second-order valence-electron chi connectivity index (χ2n) is 7.52. The molecule has 1 fully saturated rings. The number of carbonyl (C=O) groups excluding carboxylic acids is 1. The van der Waals surface area contributed by atoms with Gasteiger partial charge in [-0.25, -0.2) is 13.4 Å². The van der Waals surface area contributed by atoms with E-state index < -0.39 is 38.6 Å². The van der Waals surface area contributed by atoms with Crippen LogP contribution in [0.2, 0.25) is 0 Å². The first-order valence-electron chi connectivity index (χ1n) is 9.86. The predicted molar refractivity (Wildman–Crippen MR) is 114 cm³/mol. The summed E-state index contributed by atoms with van der Waals surface area (Å²) < 4.78 is 66.5. The van der Waals surface area contributed by atoms with E-state index in [0.29, 0.717) is 11.8 Å². The summed E-state index contributed by atoms with van der Waals surface area (Å²) in [6.07, 6.45) is -3.40. The lowest BCUT2D eigenvalue weighted by Gasteiger charge is -2.33. The van der Waals surface area contributed by atoms with E-state index in [4.69, 9.17) is 0 Å². The van der Waals surface area contributed by atoms with Crippen LogP contribution in [0.3, 0.4) is 0 Å². The van der Waals surface area contributed by atoms with Gasteiger partial charge in [-0.3, -0.25) is 4.79 Å². The van der Waals surface area contributed by atoms with Crippen LogP contribution in [0.15, 0.2) is 47.5 Å². The molecular weight excluding hydrogens is 447 g/mol. The summed E-state index contributed by atoms with van der Waals surface area (Å²) in [5, 5.41) is 2.52. The van der Waals surface area contributed by atoms with Crippen molar-refractivity contribution in [2.75, 3.05) is 43.4 Å². The number of sulfonamides is 1. The third kappa shape index (κ3) is 5.75. The fourth-order valence-electron chi connectivity index (χ4n) is 3.22. The molecule has 2 heterocycles. The Morgan fingerprint density at radius 1 is 1.09 bits per heavy atom. The van der Waals surface area contributed by atoms with Gasteiger partial charge in [-0.15, -0.1) is 0 Å². The summed E-state index contributed by atoms with van der Waals surface area (Å²) in [5.41, 5.74) is -0.960. The van der Waals surface area contributed by atoms with Crippen molar-refractivity contribution in [1.29, 1.82) is 0 Å². The van der Waals surface area contributed by atoms with Gasteiger partial charge in [0.25, 0.3) is 0 Å². The van der Waals surface area contributed by atoms with Gasteiger partial charge in [0.15, 0.2) is 0 Å². The number of likely N-dealkylation sites (N-methyl/N-ethyl adjacent to an activating group) is 1. The molecule has 8 nitrogen and oxygen atoms in total. The van der Waals surface area contributed by atoms with Gasteiger partial charge in [0.1, 0.15) is 5.82 Å². The van der Waals surface area contributed by atoms with E-state index in [1.54, 1.807) is 12.1 Å². The number of amides is 1. The van der Waals surface area contributed by atoms with Crippen molar-refractivity contribution in [2.45, 2.75) is 24.0 Å². The zero-order valence-electron chi connectivity index (χ0n) is 17.6. The van der Waals surface area contributed by atoms with Gasteiger partial charge in [0, 0.05) is 26.2 Å². The lowest BCUT2D eigenvalue weighted by Crippen LogP contribution is -2.44. The van der Waals surface area contributed by atoms with E-state index in [1.165, 1.54) is 19.2 Å². The number of carbonyl (C=O) groups is 1. The Kier molecular flexibility index (Phi) is 7.06. The SMILES string of the molecule is C[C@H](NS(=O)(=O)c1ccccc1C(F)(F)F)C(=O)Nc1ccc(N2CCN(C)CC2)nc1. The van der Waals surface area contributed by atoms with Crippen molar-refractivity contribution in [1.82, 2.24) is 14.6 Å².